The van der Waals surface area contributed by atoms with Crippen LogP contribution >= 0.6 is 0 Å². The molecule has 0 unspecified atom stereocenters. The topological polar surface area (TPSA) is 92.0 Å². The van der Waals surface area contributed by atoms with E-state index in [1.807, 2.05) is 18.3 Å². The van der Waals surface area contributed by atoms with Gasteiger partial charge < -0.3 is 15.8 Å². The fourth-order valence-electron chi connectivity index (χ4n) is 1.61. The third kappa shape index (κ3) is 2.20. The Hall–Kier alpha value is -1.88. The lowest BCUT2D eigenvalue weighted by Crippen LogP contribution is -2.12. The highest BCUT2D eigenvalue weighted by molar-refractivity contribution is 5.75. The average molecular weight is 219 g/mol. The molecule has 0 aliphatic rings. The van der Waals surface area contributed by atoms with E-state index in [2.05, 4.69) is 9.97 Å². The molecule has 0 spiro atoms. The molecule has 0 aromatic carbocycles. The molecule has 5 heteroatoms. The van der Waals surface area contributed by atoms with E-state index in [9.17, 15) is 4.79 Å². The third-order valence-electron chi connectivity index (χ3n) is 2.52. The van der Waals surface area contributed by atoms with Crippen LogP contribution in [-0.2, 0) is 4.79 Å². The van der Waals surface area contributed by atoms with Gasteiger partial charge in [-0.2, -0.15) is 0 Å². The van der Waals surface area contributed by atoms with Crippen molar-refractivity contribution in [2.45, 2.75) is 18.9 Å². The predicted octanol–water partition coefficient (Wildman–Crippen LogP) is 1.43. The number of nitrogens with one attached hydrogen (secondary N) is 1. The lowest BCUT2D eigenvalue weighted by molar-refractivity contribution is -0.137. The molecule has 0 saturated carbocycles. The SMILES string of the molecule is N[C@@H](CCC(=O)O)c1cnc2[nH]ccc2c1. The van der Waals surface area contributed by atoms with Crippen LogP contribution in [-0.4, -0.2) is 21.0 Å². The minimum absolute atomic E-state index is 0.0757. The maximum absolute atomic E-state index is 10.4. The van der Waals surface area contributed by atoms with Gasteiger partial charge in [0.2, 0.25) is 0 Å². The van der Waals surface area contributed by atoms with E-state index in [1.165, 1.54) is 0 Å². The number of fused-ring (bicyclic) bond motifs is 1. The van der Waals surface area contributed by atoms with Gasteiger partial charge in [-0.25, -0.2) is 4.98 Å². The molecule has 0 aliphatic heterocycles. The third-order valence-corrected chi connectivity index (χ3v) is 2.52. The van der Waals surface area contributed by atoms with Crippen LogP contribution in [0.1, 0.15) is 24.4 Å². The molecule has 0 amide bonds. The Labute approximate surface area is 92.3 Å². The Bertz CT molecular complexity index is 507. The molecular formula is C11H13N3O2. The summed E-state index contributed by atoms with van der Waals surface area (Å²) in [4.78, 5) is 17.6. The lowest BCUT2D eigenvalue weighted by atomic mass is 10.0. The molecule has 0 fully saturated rings. The van der Waals surface area contributed by atoms with Crippen molar-refractivity contribution in [1.29, 1.82) is 0 Å². The standard InChI is InChI=1S/C11H13N3O2/c12-9(1-2-10(15)16)8-5-7-3-4-13-11(7)14-6-8/h3-6,9H,1-2,12H2,(H,13,14)(H,15,16)/t9-/m0/s1. The molecule has 2 aromatic rings. The molecule has 2 aromatic heterocycles. The number of aliphatic carboxylic acids is 1. The summed E-state index contributed by atoms with van der Waals surface area (Å²) in [6.07, 6.45) is 3.99. The number of rotatable bonds is 4. The smallest absolute Gasteiger partial charge is 0.303 e. The summed E-state index contributed by atoms with van der Waals surface area (Å²) >= 11 is 0. The normalized spacial score (nSPS) is 12.8. The van der Waals surface area contributed by atoms with Crippen LogP contribution in [0, 0.1) is 0 Å². The van der Waals surface area contributed by atoms with E-state index < -0.39 is 5.97 Å². The highest BCUT2D eigenvalue weighted by atomic mass is 16.4. The number of pyridine rings is 1. The van der Waals surface area contributed by atoms with E-state index >= 15 is 0 Å². The molecule has 4 N–H and O–H groups in total. The van der Waals surface area contributed by atoms with Crippen LogP contribution in [0.4, 0.5) is 0 Å². The van der Waals surface area contributed by atoms with Crippen molar-refractivity contribution in [1.82, 2.24) is 9.97 Å². The van der Waals surface area contributed by atoms with Crippen molar-refractivity contribution in [3.63, 3.8) is 0 Å². The molecule has 0 bridgehead atoms. The fraction of sp³-hybridized carbons (Fsp3) is 0.273. The molecule has 2 rings (SSSR count). The van der Waals surface area contributed by atoms with Crippen LogP contribution in [0.2, 0.25) is 0 Å². The number of hydrogen-bond acceptors (Lipinski definition) is 3. The second kappa shape index (κ2) is 4.32. The molecule has 5 nitrogen and oxygen atoms in total. The zero-order valence-corrected chi connectivity index (χ0v) is 8.68. The Balaban J connectivity index is 2.15. The number of nitrogens with two attached hydrogens (primary N) is 1. The van der Waals surface area contributed by atoms with Gasteiger partial charge >= 0.3 is 5.97 Å². The first-order valence-electron chi connectivity index (χ1n) is 5.07. The van der Waals surface area contributed by atoms with Gasteiger partial charge in [-0.1, -0.05) is 0 Å². The van der Waals surface area contributed by atoms with E-state index in [4.69, 9.17) is 10.8 Å². The van der Waals surface area contributed by atoms with Gasteiger partial charge in [-0.15, -0.1) is 0 Å². The van der Waals surface area contributed by atoms with E-state index in [0.717, 1.165) is 16.6 Å². The summed E-state index contributed by atoms with van der Waals surface area (Å²) in [5, 5.41) is 9.56. The predicted molar refractivity (Wildman–Crippen MR) is 59.9 cm³/mol. The molecule has 0 aliphatic carbocycles. The Morgan fingerprint density at radius 3 is 3.19 bits per heavy atom. The molecule has 0 radical (unpaired) electrons. The highest BCUT2D eigenvalue weighted by Crippen LogP contribution is 2.19. The van der Waals surface area contributed by atoms with Gasteiger partial charge in [0.1, 0.15) is 5.65 Å². The number of aromatic amines is 1. The van der Waals surface area contributed by atoms with Crippen LogP contribution in [0.25, 0.3) is 11.0 Å². The monoisotopic (exact) mass is 219 g/mol. The van der Waals surface area contributed by atoms with E-state index in [0.29, 0.717) is 6.42 Å². The summed E-state index contributed by atoms with van der Waals surface area (Å²) in [5.74, 6) is -0.828. The Morgan fingerprint density at radius 2 is 2.44 bits per heavy atom. The maximum atomic E-state index is 10.4. The number of nitrogens with zero attached hydrogens (tertiary/aromatic N) is 1. The summed E-state index contributed by atoms with van der Waals surface area (Å²) in [6.45, 7) is 0. The first-order chi connectivity index (χ1) is 7.66. The molecular weight excluding hydrogens is 206 g/mol. The second-order valence-corrected chi connectivity index (χ2v) is 3.72. The van der Waals surface area contributed by atoms with Gasteiger partial charge in [0.05, 0.1) is 0 Å². The fourth-order valence-corrected chi connectivity index (χ4v) is 1.61. The van der Waals surface area contributed by atoms with Crippen molar-refractivity contribution >= 4 is 17.0 Å². The summed E-state index contributed by atoms with van der Waals surface area (Å²) in [5.41, 5.74) is 7.57. The summed E-state index contributed by atoms with van der Waals surface area (Å²) in [6, 6.07) is 3.57. The van der Waals surface area contributed by atoms with Gasteiger partial charge in [0.15, 0.2) is 0 Å². The Kier molecular flexibility index (Phi) is 2.87. The zero-order chi connectivity index (χ0) is 11.5. The largest absolute Gasteiger partial charge is 0.481 e. The number of carboxylic acids is 1. The van der Waals surface area contributed by atoms with E-state index in [-0.39, 0.29) is 12.5 Å². The van der Waals surface area contributed by atoms with Gasteiger partial charge in [-0.05, 0) is 24.1 Å². The van der Waals surface area contributed by atoms with Crippen molar-refractivity contribution < 1.29 is 9.90 Å². The first kappa shape index (κ1) is 10.6. The van der Waals surface area contributed by atoms with Crippen molar-refractivity contribution in [2.75, 3.05) is 0 Å². The lowest BCUT2D eigenvalue weighted by Gasteiger charge is -2.09. The second-order valence-electron chi connectivity index (χ2n) is 3.72. The average Bonchev–Trinajstić information content (AvgIpc) is 2.72. The number of H-pyrrole nitrogens is 1. The van der Waals surface area contributed by atoms with Crippen LogP contribution in [0.15, 0.2) is 24.5 Å². The molecule has 0 saturated heterocycles. The number of carbonyl (C=O) groups is 1. The summed E-state index contributed by atoms with van der Waals surface area (Å²) < 4.78 is 0. The zero-order valence-electron chi connectivity index (χ0n) is 8.68. The quantitative estimate of drug-likeness (QED) is 0.725. The van der Waals surface area contributed by atoms with Crippen molar-refractivity contribution in [2.24, 2.45) is 5.73 Å². The van der Waals surface area contributed by atoms with Crippen LogP contribution in [0.5, 0.6) is 0 Å². The molecule has 84 valence electrons. The maximum Gasteiger partial charge on any atom is 0.303 e. The first-order valence-corrected chi connectivity index (χ1v) is 5.07. The van der Waals surface area contributed by atoms with Crippen molar-refractivity contribution in [3.05, 3.63) is 30.1 Å². The van der Waals surface area contributed by atoms with Gasteiger partial charge in [-0.3, -0.25) is 4.79 Å². The number of carboxylic acid groups (broad SMARTS) is 1. The van der Waals surface area contributed by atoms with Gasteiger partial charge in [0, 0.05) is 30.2 Å². The van der Waals surface area contributed by atoms with Gasteiger partial charge in [0.25, 0.3) is 0 Å². The van der Waals surface area contributed by atoms with Crippen molar-refractivity contribution in [3.8, 4) is 0 Å². The minimum atomic E-state index is -0.828. The Morgan fingerprint density at radius 1 is 1.62 bits per heavy atom. The minimum Gasteiger partial charge on any atom is -0.481 e. The molecule has 2 heterocycles. The highest BCUT2D eigenvalue weighted by Gasteiger charge is 2.09. The number of hydrogen-bond donors (Lipinski definition) is 3. The van der Waals surface area contributed by atoms with Crippen LogP contribution < -0.4 is 5.73 Å². The summed E-state index contributed by atoms with van der Waals surface area (Å²) in [7, 11) is 0. The van der Waals surface area contributed by atoms with E-state index in [1.54, 1.807) is 6.20 Å². The number of aromatic nitrogens is 2. The molecule has 1 atom stereocenters. The van der Waals surface area contributed by atoms with Crippen LogP contribution in [0.3, 0.4) is 0 Å². The molecule has 16 heavy (non-hydrogen) atoms.